The average Bonchev–Trinajstić information content (AvgIpc) is 3.00. The van der Waals surface area contributed by atoms with E-state index < -0.39 is 18.1 Å². The molecule has 2 aliphatic rings. The first kappa shape index (κ1) is 16.2. The average molecular weight is 328 g/mol. The molecule has 6 nitrogen and oxygen atoms in total. The van der Waals surface area contributed by atoms with Gasteiger partial charge in [-0.1, -0.05) is 30.4 Å². The highest BCUT2D eigenvalue weighted by atomic mass is 16.4. The Balaban J connectivity index is 1.80. The van der Waals surface area contributed by atoms with Gasteiger partial charge in [-0.25, -0.2) is 4.79 Å². The van der Waals surface area contributed by atoms with Crippen molar-refractivity contribution in [1.29, 1.82) is 0 Å². The third kappa shape index (κ3) is 3.18. The lowest BCUT2D eigenvalue weighted by Gasteiger charge is -2.32. The summed E-state index contributed by atoms with van der Waals surface area (Å²) >= 11 is 0. The van der Waals surface area contributed by atoms with Crippen molar-refractivity contribution in [2.24, 2.45) is 0 Å². The van der Waals surface area contributed by atoms with E-state index in [4.69, 9.17) is 0 Å². The highest BCUT2D eigenvalue weighted by molar-refractivity contribution is 5.98. The zero-order valence-corrected chi connectivity index (χ0v) is 13.2. The summed E-state index contributed by atoms with van der Waals surface area (Å²) in [5.74, 6) is -1.62. The Labute approximate surface area is 140 Å². The van der Waals surface area contributed by atoms with Crippen LogP contribution in [0.2, 0.25) is 0 Å². The Morgan fingerprint density at radius 2 is 1.79 bits per heavy atom. The van der Waals surface area contributed by atoms with Crippen LogP contribution in [0.4, 0.5) is 0 Å². The van der Waals surface area contributed by atoms with Gasteiger partial charge in [0.1, 0.15) is 12.1 Å². The number of hydrogen-bond acceptors (Lipinski definition) is 3. The van der Waals surface area contributed by atoms with E-state index in [2.05, 4.69) is 5.32 Å². The lowest BCUT2D eigenvalue weighted by molar-refractivity contribution is -0.150. The van der Waals surface area contributed by atoms with Crippen molar-refractivity contribution in [1.82, 2.24) is 10.2 Å². The number of rotatable bonds is 3. The minimum absolute atomic E-state index is 0.105. The summed E-state index contributed by atoms with van der Waals surface area (Å²) in [4.78, 5) is 38.1. The summed E-state index contributed by atoms with van der Waals surface area (Å²) < 4.78 is 0. The van der Waals surface area contributed by atoms with E-state index in [0.717, 1.165) is 0 Å². The number of aliphatic carboxylic acids is 1. The maximum atomic E-state index is 12.9. The molecular weight excluding hydrogens is 308 g/mol. The molecule has 6 heteroatoms. The molecule has 1 aromatic carbocycles. The van der Waals surface area contributed by atoms with Crippen molar-refractivity contribution in [3.63, 3.8) is 0 Å². The lowest BCUT2D eigenvalue weighted by atomic mass is 10.0. The predicted octanol–water partition coefficient (Wildman–Crippen LogP) is 1.58. The van der Waals surface area contributed by atoms with Crippen LogP contribution in [-0.4, -0.2) is 45.9 Å². The van der Waals surface area contributed by atoms with E-state index in [0.29, 0.717) is 31.2 Å². The third-order valence-electron chi connectivity index (χ3n) is 4.63. The largest absolute Gasteiger partial charge is 0.480 e. The van der Waals surface area contributed by atoms with Crippen LogP contribution in [0.25, 0.3) is 0 Å². The van der Waals surface area contributed by atoms with Crippen molar-refractivity contribution in [3.05, 3.63) is 48.0 Å². The van der Waals surface area contributed by atoms with E-state index >= 15 is 0 Å². The quantitative estimate of drug-likeness (QED) is 0.825. The molecule has 1 saturated heterocycles. The zero-order chi connectivity index (χ0) is 17.1. The number of carboxylic acids is 1. The van der Waals surface area contributed by atoms with Crippen LogP contribution < -0.4 is 5.32 Å². The number of carboxylic acid groups (broad SMARTS) is 1. The molecule has 0 aromatic heterocycles. The molecule has 2 amide bonds. The number of benzene rings is 1. The fraction of sp³-hybridized carbons (Fsp3) is 0.389. The van der Waals surface area contributed by atoms with Gasteiger partial charge in [0.05, 0.1) is 0 Å². The van der Waals surface area contributed by atoms with E-state index in [1.807, 2.05) is 18.2 Å². The molecule has 1 fully saturated rings. The standard InChI is InChI=1S/C18H20N2O4/c21-16(12-6-2-1-3-7-12)19-14-9-5-4-8-13-10-11-15(18(23)24)20(13)17(14)22/h1-7,13-15H,8-11H2,(H,19,21)(H,23,24)/b5-4-. The fourth-order valence-corrected chi connectivity index (χ4v) is 3.41. The maximum absolute atomic E-state index is 12.9. The molecule has 0 saturated carbocycles. The van der Waals surface area contributed by atoms with Crippen molar-refractivity contribution >= 4 is 17.8 Å². The van der Waals surface area contributed by atoms with Crippen molar-refractivity contribution in [3.8, 4) is 0 Å². The van der Waals surface area contributed by atoms with Gasteiger partial charge in [-0.05, 0) is 37.8 Å². The Morgan fingerprint density at radius 3 is 2.50 bits per heavy atom. The molecule has 0 spiro atoms. The minimum atomic E-state index is -0.983. The highest BCUT2D eigenvalue weighted by Gasteiger charge is 2.43. The molecule has 0 bridgehead atoms. The molecule has 3 rings (SSSR count). The van der Waals surface area contributed by atoms with Crippen LogP contribution in [0.15, 0.2) is 42.5 Å². The number of nitrogens with one attached hydrogen (secondary N) is 1. The first-order valence-corrected chi connectivity index (χ1v) is 8.14. The van der Waals surface area contributed by atoms with Crippen LogP contribution in [0.1, 0.15) is 36.0 Å². The van der Waals surface area contributed by atoms with Crippen molar-refractivity contribution in [2.75, 3.05) is 0 Å². The van der Waals surface area contributed by atoms with Crippen LogP contribution in [-0.2, 0) is 9.59 Å². The van der Waals surface area contributed by atoms with Crippen LogP contribution in [0, 0.1) is 0 Å². The molecule has 0 aliphatic carbocycles. The van der Waals surface area contributed by atoms with Crippen LogP contribution >= 0.6 is 0 Å². The number of hydrogen-bond donors (Lipinski definition) is 2. The summed E-state index contributed by atoms with van der Waals surface area (Å²) in [6.07, 6.45) is 6.02. The first-order valence-electron chi connectivity index (χ1n) is 8.14. The number of fused-ring (bicyclic) bond motifs is 1. The SMILES string of the molecule is O=C(NC1C/C=C\CC2CCC(C(=O)O)N2C1=O)c1ccccc1. The minimum Gasteiger partial charge on any atom is -0.480 e. The van der Waals surface area contributed by atoms with E-state index in [1.165, 1.54) is 4.90 Å². The number of carbonyl (C=O) groups is 3. The monoisotopic (exact) mass is 328 g/mol. The predicted molar refractivity (Wildman–Crippen MR) is 87.4 cm³/mol. The smallest absolute Gasteiger partial charge is 0.326 e. The van der Waals surface area contributed by atoms with Gasteiger partial charge in [0.2, 0.25) is 5.91 Å². The van der Waals surface area contributed by atoms with Gasteiger partial charge in [0.25, 0.3) is 5.91 Å². The highest BCUT2D eigenvalue weighted by Crippen LogP contribution is 2.29. The lowest BCUT2D eigenvalue weighted by Crippen LogP contribution is -2.54. The summed E-state index contributed by atoms with van der Waals surface area (Å²) in [5.41, 5.74) is 0.476. The van der Waals surface area contributed by atoms with E-state index in [-0.39, 0.29) is 17.9 Å². The fourth-order valence-electron chi connectivity index (χ4n) is 3.41. The first-order chi connectivity index (χ1) is 11.6. The summed E-state index contributed by atoms with van der Waals surface area (Å²) in [7, 11) is 0. The normalized spacial score (nSPS) is 27.8. The molecule has 3 unspecified atom stereocenters. The van der Waals surface area contributed by atoms with Gasteiger partial charge in [-0.2, -0.15) is 0 Å². The molecule has 126 valence electrons. The Bertz CT molecular complexity index is 671. The Hall–Kier alpha value is -2.63. The zero-order valence-electron chi connectivity index (χ0n) is 13.2. The molecule has 2 heterocycles. The van der Waals surface area contributed by atoms with Gasteiger partial charge >= 0.3 is 5.97 Å². The molecule has 2 aliphatic heterocycles. The van der Waals surface area contributed by atoms with E-state index in [1.54, 1.807) is 24.3 Å². The van der Waals surface area contributed by atoms with Crippen LogP contribution in [0.3, 0.4) is 0 Å². The Kier molecular flexibility index (Phi) is 4.64. The van der Waals surface area contributed by atoms with Gasteiger partial charge < -0.3 is 15.3 Å². The van der Waals surface area contributed by atoms with Crippen molar-refractivity contribution in [2.45, 2.75) is 43.8 Å². The van der Waals surface area contributed by atoms with Crippen molar-refractivity contribution < 1.29 is 19.5 Å². The second kappa shape index (κ2) is 6.86. The molecule has 0 radical (unpaired) electrons. The summed E-state index contributed by atoms with van der Waals surface area (Å²) in [5, 5.41) is 12.1. The topological polar surface area (TPSA) is 86.7 Å². The van der Waals surface area contributed by atoms with Gasteiger partial charge in [0, 0.05) is 11.6 Å². The maximum Gasteiger partial charge on any atom is 0.326 e. The molecular formula is C18H20N2O4. The second-order valence-electron chi connectivity index (χ2n) is 6.17. The van der Waals surface area contributed by atoms with Gasteiger partial charge in [-0.3, -0.25) is 9.59 Å². The molecule has 3 atom stereocenters. The molecule has 24 heavy (non-hydrogen) atoms. The molecule has 2 N–H and O–H groups in total. The number of carbonyl (C=O) groups excluding carboxylic acids is 2. The van der Waals surface area contributed by atoms with Gasteiger partial charge in [0.15, 0.2) is 0 Å². The number of amides is 2. The third-order valence-corrected chi connectivity index (χ3v) is 4.63. The molecule has 1 aromatic rings. The Morgan fingerprint density at radius 1 is 1.08 bits per heavy atom. The summed E-state index contributed by atoms with van der Waals surface area (Å²) in [6, 6.07) is 7.03. The summed E-state index contributed by atoms with van der Waals surface area (Å²) in [6.45, 7) is 0. The van der Waals surface area contributed by atoms with Gasteiger partial charge in [-0.15, -0.1) is 0 Å². The van der Waals surface area contributed by atoms with E-state index in [9.17, 15) is 19.5 Å². The van der Waals surface area contributed by atoms with Crippen LogP contribution in [0.5, 0.6) is 0 Å². The second-order valence-corrected chi connectivity index (χ2v) is 6.17. The number of nitrogens with zero attached hydrogens (tertiary/aromatic N) is 1.